The number of para-hydroxylation sites is 1. The van der Waals surface area contributed by atoms with Crippen LogP contribution in [0.3, 0.4) is 0 Å². The van der Waals surface area contributed by atoms with Gasteiger partial charge < -0.3 is 5.32 Å². The Morgan fingerprint density at radius 1 is 1.04 bits per heavy atom. The fourth-order valence-electron chi connectivity index (χ4n) is 2.91. The number of halogens is 1. The zero-order valence-electron chi connectivity index (χ0n) is 13.3. The lowest BCUT2D eigenvalue weighted by molar-refractivity contribution is 0.859. The second-order valence-electron chi connectivity index (χ2n) is 5.77. The predicted octanol–water partition coefficient (Wildman–Crippen LogP) is 4.77. The third kappa shape index (κ3) is 2.69. The number of aliphatic imine (C=N–C) groups is 1. The van der Waals surface area contributed by atoms with Gasteiger partial charge in [0.25, 0.3) is 0 Å². The van der Waals surface area contributed by atoms with Gasteiger partial charge in [-0.15, -0.1) is 0 Å². The summed E-state index contributed by atoms with van der Waals surface area (Å²) in [5.74, 6) is 0.947. The molecule has 4 nitrogen and oxygen atoms in total. The first kappa shape index (κ1) is 15.0. The van der Waals surface area contributed by atoms with Gasteiger partial charge in [0, 0.05) is 18.0 Å². The third-order valence-electron chi connectivity index (χ3n) is 4.11. The number of hydrogen-bond donors (Lipinski definition) is 1. The Morgan fingerprint density at radius 3 is 2.54 bits per heavy atom. The largest absolute Gasteiger partial charge is 0.368 e. The van der Waals surface area contributed by atoms with Crippen molar-refractivity contribution in [3.05, 3.63) is 70.9 Å². The van der Waals surface area contributed by atoms with Crippen molar-refractivity contribution in [1.29, 1.82) is 0 Å². The summed E-state index contributed by atoms with van der Waals surface area (Å²) in [5.41, 5.74) is 4.99. The first-order chi connectivity index (χ1) is 11.7. The average Bonchev–Trinajstić information content (AvgIpc) is 2.79. The Morgan fingerprint density at radius 2 is 1.79 bits per heavy atom. The molecule has 24 heavy (non-hydrogen) atoms. The van der Waals surface area contributed by atoms with E-state index in [0.717, 1.165) is 52.1 Å². The summed E-state index contributed by atoms with van der Waals surface area (Å²) in [6.45, 7) is 2.81. The summed E-state index contributed by atoms with van der Waals surface area (Å²) in [6, 6.07) is 18.0. The van der Waals surface area contributed by atoms with E-state index in [4.69, 9.17) is 16.6 Å². The van der Waals surface area contributed by atoms with Crippen LogP contribution in [-0.2, 0) is 0 Å². The lowest BCUT2D eigenvalue weighted by Crippen LogP contribution is -2.10. The van der Waals surface area contributed by atoms with Gasteiger partial charge in [0.2, 0.25) is 0 Å². The Labute approximate surface area is 145 Å². The number of anilines is 1. The molecule has 1 aliphatic heterocycles. The van der Waals surface area contributed by atoms with E-state index in [1.165, 1.54) is 0 Å². The highest BCUT2D eigenvalue weighted by Crippen LogP contribution is 2.34. The Hall–Kier alpha value is -2.59. The fraction of sp³-hybridized carbons (Fsp3) is 0.158. The molecular weight excluding hydrogens is 320 g/mol. The van der Waals surface area contributed by atoms with Crippen LogP contribution >= 0.6 is 11.6 Å². The Bertz CT molecular complexity index is 895. The molecule has 3 aromatic rings. The van der Waals surface area contributed by atoms with Crippen molar-refractivity contribution in [3.63, 3.8) is 0 Å². The van der Waals surface area contributed by atoms with E-state index < -0.39 is 0 Å². The van der Waals surface area contributed by atoms with Crippen LogP contribution in [0.4, 0.5) is 11.5 Å². The monoisotopic (exact) mass is 336 g/mol. The molecule has 0 amide bonds. The van der Waals surface area contributed by atoms with E-state index in [1.54, 1.807) is 0 Å². The Kier molecular flexibility index (Phi) is 3.82. The van der Waals surface area contributed by atoms with Crippen LogP contribution in [0.25, 0.3) is 5.69 Å². The summed E-state index contributed by atoms with van der Waals surface area (Å²) < 4.78 is 1.93. The maximum absolute atomic E-state index is 5.99. The second kappa shape index (κ2) is 6.13. The van der Waals surface area contributed by atoms with Crippen LogP contribution in [0.2, 0.25) is 5.02 Å². The first-order valence-electron chi connectivity index (χ1n) is 7.95. The molecule has 0 bridgehead atoms. The number of benzene rings is 2. The SMILES string of the molecule is Cc1nn(-c2ccccc2)c2c1N=C(c1ccc(Cl)cc1)CCN2. The van der Waals surface area contributed by atoms with E-state index in [2.05, 4.69) is 10.4 Å². The summed E-state index contributed by atoms with van der Waals surface area (Å²) in [7, 11) is 0. The lowest BCUT2D eigenvalue weighted by atomic mass is 10.1. The van der Waals surface area contributed by atoms with Gasteiger partial charge in [-0.25, -0.2) is 9.67 Å². The number of nitrogens with one attached hydrogen (secondary N) is 1. The molecule has 0 saturated carbocycles. The average molecular weight is 337 g/mol. The van der Waals surface area contributed by atoms with Crippen LogP contribution in [0.5, 0.6) is 0 Å². The van der Waals surface area contributed by atoms with Gasteiger partial charge in [0.15, 0.2) is 5.82 Å². The second-order valence-corrected chi connectivity index (χ2v) is 6.21. The van der Waals surface area contributed by atoms with Crippen molar-refractivity contribution in [2.75, 3.05) is 11.9 Å². The normalized spacial score (nSPS) is 13.7. The summed E-state index contributed by atoms with van der Waals surface area (Å²) in [5, 5.41) is 8.89. The number of nitrogens with zero attached hydrogens (tertiary/aromatic N) is 3. The van der Waals surface area contributed by atoms with Crippen molar-refractivity contribution in [3.8, 4) is 5.69 Å². The molecule has 0 aliphatic carbocycles. The first-order valence-corrected chi connectivity index (χ1v) is 8.32. The van der Waals surface area contributed by atoms with Gasteiger partial charge in [-0.2, -0.15) is 5.10 Å². The third-order valence-corrected chi connectivity index (χ3v) is 4.36. The van der Waals surface area contributed by atoms with Crippen LogP contribution in [0, 0.1) is 6.92 Å². The number of aromatic nitrogens is 2. The van der Waals surface area contributed by atoms with E-state index in [-0.39, 0.29) is 0 Å². The molecular formula is C19H17ClN4. The summed E-state index contributed by atoms with van der Waals surface area (Å²) in [4.78, 5) is 4.91. The number of hydrogen-bond acceptors (Lipinski definition) is 3. The molecule has 0 spiro atoms. The van der Waals surface area contributed by atoms with E-state index >= 15 is 0 Å². The van der Waals surface area contributed by atoms with Crippen molar-refractivity contribution >= 4 is 28.8 Å². The molecule has 2 aromatic carbocycles. The molecule has 0 saturated heterocycles. The summed E-state index contributed by atoms with van der Waals surface area (Å²) in [6.07, 6.45) is 0.852. The minimum Gasteiger partial charge on any atom is -0.368 e. The molecule has 1 aromatic heterocycles. The molecule has 5 heteroatoms. The van der Waals surface area contributed by atoms with Gasteiger partial charge in [0.05, 0.1) is 17.1 Å². The molecule has 4 rings (SSSR count). The zero-order valence-corrected chi connectivity index (χ0v) is 14.1. The molecule has 2 heterocycles. The van der Waals surface area contributed by atoms with Crippen LogP contribution in [-0.4, -0.2) is 22.0 Å². The smallest absolute Gasteiger partial charge is 0.156 e. The topological polar surface area (TPSA) is 42.2 Å². The zero-order chi connectivity index (χ0) is 16.5. The quantitative estimate of drug-likeness (QED) is 0.732. The van der Waals surface area contributed by atoms with Crippen LogP contribution in [0.1, 0.15) is 17.7 Å². The summed E-state index contributed by atoms with van der Waals surface area (Å²) >= 11 is 5.99. The fourth-order valence-corrected chi connectivity index (χ4v) is 3.03. The lowest BCUT2D eigenvalue weighted by Gasteiger charge is -2.08. The number of aryl methyl sites for hydroxylation is 1. The van der Waals surface area contributed by atoms with E-state index in [0.29, 0.717) is 0 Å². The maximum atomic E-state index is 5.99. The van der Waals surface area contributed by atoms with Gasteiger partial charge in [0.1, 0.15) is 5.69 Å². The van der Waals surface area contributed by atoms with Gasteiger partial charge in [-0.05, 0) is 36.8 Å². The molecule has 0 atom stereocenters. The molecule has 0 radical (unpaired) electrons. The maximum Gasteiger partial charge on any atom is 0.156 e. The van der Waals surface area contributed by atoms with Crippen molar-refractivity contribution in [2.45, 2.75) is 13.3 Å². The number of rotatable bonds is 2. The molecule has 0 fully saturated rings. The van der Waals surface area contributed by atoms with Crippen molar-refractivity contribution in [2.24, 2.45) is 4.99 Å². The molecule has 1 aliphatic rings. The van der Waals surface area contributed by atoms with Gasteiger partial charge in [-0.1, -0.05) is 41.9 Å². The molecule has 0 unspecified atom stereocenters. The highest BCUT2D eigenvalue weighted by molar-refractivity contribution is 6.30. The highest BCUT2D eigenvalue weighted by atomic mass is 35.5. The predicted molar refractivity (Wildman–Crippen MR) is 99.1 cm³/mol. The minimum atomic E-state index is 0.736. The Balaban J connectivity index is 1.81. The highest BCUT2D eigenvalue weighted by Gasteiger charge is 2.20. The van der Waals surface area contributed by atoms with Gasteiger partial charge >= 0.3 is 0 Å². The van der Waals surface area contributed by atoms with Gasteiger partial charge in [-0.3, -0.25) is 0 Å². The van der Waals surface area contributed by atoms with E-state index in [1.807, 2.05) is 66.2 Å². The molecule has 120 valence electrons. The van der Waals surface area contributed by atoms with Crippen LogP contribution < -0.4 is 5.32 Å². The standard InChI is InChI=1S/C19H17ClN4/c1-13-18-19(24(23-13)16-5-3-2-4-6-16)21-12-11-17(22-18)14-7-9-15(20)10-8-14/h2-10,21H,11-12H2,1H3. The van der Waals surface area contributed by atoms with E-state index in [9.17, 15) is 0 Å². The van der Waals surface area contributed by atoms with Crippen molar-refractivity contribution < 1.29 is 0 Å². The molecule has 1 N–H and O–H groups in total. The van der Waals surface area contributed by atoms with Crippen molar-refractivity contribution in [1.82, 2.24) is 9.78 Å². The number of fused-ring (bicyclic) bond motifs is 1. The van der Waals surface area contributed by atoms with Crippen LogP contribution in [0.15, 0.2) is 59.6 Å². The minimum absolute atomic E-state index is 0.736.